The first-order valence-corrected chi connectivity index (χ1v) is 11.0. The van der Waals surface area contributed by atoms with Gasteiger partial charge in [0.2, 0.25) is 0 Å². The van der Waals surface area contributed by atoms with Gasteiger partial charge in [0.25, 0.3) is 5.91 Å². The van der Waals surface area contributed by atoms with E-state index in [2.05, 4.69) is 22.4 Å². The lowest BCUT2D eigenvalue weighted by atomic mass is 9.87. The lowest BCUT2D eigenvalue weighted by Crippen LogP contribution is -2.41. The van der Waals surface area contributed by atoms with E-state index < -0.39 is 5.97 Å². The Morgan fingerprint density at radius 3 is 2.61 bits per heavy atom. The van der Waals surface area contributed by atoms with Crippen molar-refractivity contribution in [3.05, 3.63) is 54.5 Å². The molecule has 4 rings (SSSR count). The molecule has 1 aliphatic carbocycles. The summed E-state index contributed by atoms with van der Waals surface area (Å²) < 4.78 is 12.1. The van der Waals surface area contributed by atoms with Crippen LogP contribution in [-0.2, 0) is 14.3 Å². The summed E-state index contributed by atoms with van der Waals surface area (Å²) in [5.41, 5.74) is 0.763. The first-order chi connectivity index (χ1) is 16.0. The number of carbonyl (C=O) groups excluding carboxylic acids is 2. The third-order valence-electron chi connectivity index (χ3n) is 6.01. The van der Waals surface area contributed by atoms with Gasteiger partial charge in [-0.05, 0) is 54.2 Å². The number of furan rings is 1. The number of rotatable bonds is 7. The Balaban J connectivity index is 1.51. The summed E-state index contributed by atoms with van der Waals surface area (Å²) in [5.74, 6) is 0.517. The van der Waals surface area contributed by atoms with Crippen molar-refractivity contribution in [1.82, 2.24) is 25.1 Å². The Bertz CT molecular complexity index is 1100. The summed E-state index contributed by atoms with van der Waals surface area (Å²) in [5, 5.41) is 11.8. The third-order valence-corrected chi connectivity index (χ3v) is 6.01. The number of tetrazole rings is 1. The molecular weight excluding hydrogens is 422 g/mol. The molecule has 9 heteroatoms. The van der Waals surface area contributed by atoms with Gasteiger partial charge in [-0.15, -0.1) is 5.10 Å². The van der Waals surface area contributed by atoms with Gasteiger partial charge < -0.3 is 14.1 Å². The van der Waals surface area contributed by atoms with Crippen molar-refractivity contribution in [2.45, 2.75) is 38.6 Å². The SMILES string of the molecule is CC1CCC(N(C)C(=O)COC(=O)/C(=C/c2ccco2)n2nnnc2-c2ccccc2)CC1. The maximum absolute atomic E-state index is 13.1. The van der Waals surface area contributed by atoms with E-state index in [0.717, 1.165) is 31.2 Å². The molecule has 2 aromatic heterocycles. The Labute approximate surface area is 192 Å². The molecule has 3 aromatic rings. The van der Waals surface area contributed by atoms with Gasteiger partial charge in [0.05, 0.1) is 6.26 Å². The molecule has 0 radical (unpaired) electrons. The van der Waals surface area contributed by atoms with E-state index in [4.69, 9.17) is 9.15 Å². The fourth-order valence-corrected chi connectivity index (χ4v) is 3.97. The van der Waals surface area contributed by atoms with Crippen molar-refractivity contribution in [1.29, 1.82) is 0 Å². The number of carbonyl (C=O) groups is 2. The van der Waals surface area contributed by atoms with E-state index in [1.54, 1.807) is 24.1 Å². The molecule has 0 spiro atoms. The second kappa shape index (κ2) is 10.2. The van der Waals surface area contributed by atoms with E-state index in [0.29, 0.717) is 17.5 Å². The maximum Gasteiger partial charge on any atom is 0.357 e. The van der Waals surface area contributed by atoms with Gasteiger partial charge in [-0.2, -0.15) is 4.68 Å². The van der Waals surface area contributed by atoms with Crippen molar-refractivity contribution < 1.29 is 18.7 Å². The van der Waals surface area contributed by atoms with Gasteiger partial charge in [-0.3, -0.25) is 4.79 Å². The monoisotopic (exact) mass is 449 g/mol. The van der Waals surface area contributed by atoms with Crippen LogP contribution < -0.4 is 0 Å². The van der Waals surface area contributed by atoms with Crippen LogP contribution >= 0.6 is 0 Å². The quantitative estimate of drug-likeness (QED) is 0.402. The number of hydrogen-bond donors (Lipinski definition) is 0. The number of ether oxygens (including phenoxy) is 1. The Kier molecular flexibility index (Phi) is 6.97. The Morgan fingerprint density at radius 1 is 1.15 bits per heavy atom. The second-order valence-corrected chi connectivity index (χ2v) is 8.32. The average molecular weight is 450 g/mol. The zero-order chi connectivity index (χ0) is 23.2. The first-order valence-electron chi connectivity index (χ1n) is 11.0. The summed E-state index contributed by atoms with van der Waals surface area (Å²) in [6, 6.07) is 12.8. The predicted molar refractivity (Wildman–Crippen MR) is 121 cm³/mol. The maximum atomic E-state index is 13.1. The molecule has 1 amide bonds. The van der Waals surface area contributed by atoms with Crippen LogP contribution in [0.15, 0.2) is 53.1 Å². The Hall–Kier alpha value is -3.75. The normalized spacial score (nSPS) is 18.7. The summed E-state index contributed by atoms with van der Waals surface area (Å²) in [4.78, 5) is 27.5. The van der Waals surface area contributed by atoms with E-state index in [-0.39, 0.29) is 24.3 Å². The number of aromatic nitrogens is 4. The molecule has 2 heterocycles. The van der Waals surface area contributed by atoms with Crippen LogP contribution in [0.1, 0.15) is 38.4 Å². The number of esters is 1. The molecule has 9 nitrogen and oxygen atoms in total. The fourth-order valence-electron chi connectivity index (χ4n) is 3.97. The molecule has 172 valence electrons. The average Bonchev–Trinajstić information content (AvgIpc) is 3.53. The number of hydrogen-bond acceptors (Lipinski definition) is 7. The standard InChI is InChI=1S/C24H27N5O4/c1-17-10-12-19(13-11-17)28(2)22(30)16-33-24(31)21(15-20-9-6-14-32-20)29-23(25-26-27-29)18-7-4-3-5-8-18/h3-9,14-15,17,19H,10-13,16H2,1-2H3/b21-15-. The number of nitrogens with zero attached hydrogens (tertiary/aromatic N) is 5. The zero-order valence-electron chi connectivity index (χ0n) is 18.8. The molecule has 33 heavy (non-hydrogen) atoms. The van der Waals surface area contributed by atoms with Crippen LogP contribution in [0, 0.1) is 5.92 Å². The van der Waals surface area contributed by atoms with Crippen molar-refractivity contribution in [2.24, 2.45) is 5.92 Å². The van der Waals surface area contributed by atoms with Gasteiger partial charge in [0.15, 0.2) is 18.1 Å². The first kappa shape index (κ1) is 22.4. The summed E-state index contributed by atoms with van der Waals surface area (Å²) >= 11 is 0. The topological polar surface area (TPSA) is 103 Å². The smallest absolute Gasteiger partial charge is 0.357 e. The molecule has 1 aliphatic rings. The van der Waals surface area contributed by atoms with Crippen LogP contribution in [-0.4, -0.2) is 56.7 Å². The van der Waals surface area contributed by atoms with Crippen molar-refractivity contribution >= 4 is 23.6 Å². The number of amides is 1. The molecule has 0 bridgehead atoms. The molecule has 0 N–H and O–H groups in total. The van der Waals surface area contributed by atoms with Crippen molar-refractivity contribution in [3.8, 4) is 11.4 Å². The van der Waals surface area contributed by atoms with Gasteiger partial charge >= 0.3 is 5.97 Å². The van der Waals surface area contributed by atoms with Gasteiger partial charge in [-0.1, -0.05) is 37.3 Å². The van der Waals surface area contributed by atoms with Gasteiger partial charge in [-0.25, -0.2) is 4.79 Å². The third kappa shape index (κ3) is 5.36. The lowest BCUT2D eigenvalue weighted by molar-refractivity contribution is -0.148. The molecule has 0 atom stereocenters. The molecule has 1 aromatic carbocycles. The highest BCUT2D eigenvalue weighted by atomic mass is 16.5. The highest BCUT2D eigenvalue weighted by Gasteiger charge is 2.27. The van der Waals surface area contributed by atoms with Crippen molar-refractivity contribution in [3.63, 3.8) is 0 Å². The van der Waals surface area contributed by atoms with Crippen LogP contribution in [0.3, 0.4) is 0 Å². The highest BCUT2D eigenvalue weighted by molar-refractivity contribution is 6.15. The fraction of sp³-hybridized carbons (Fsp3) is 0.375. The van der Waals surface area contributed by atoms with Crippen molar-refractivity contribution in [2.75, 3.05) is 13.7 Å². The largest absolute Gasteiger partial charge is 0.465 e. The predicted octanol–water partition coefficient (Wildman–Crippen LogP) is 3.51. The Morgan fingerprint density at radius 2 is 1.91 bits per heavy atom. The molecule has 0 aliphatic heterocycles. The second-order valence-electron chi connectivity index (χ2n) is 8.32. The van der Waals surface area contributed by atoms with Gasteiger partial charge in [0.1, 0.15) is 5.76 Å². The van der Waals surface area contributed by atoms with E-state index >= 15 is 0 Å². The van der Waals surface area contributed by atoms with Crippen LogP contribution in [0.4, 0.5) is 0 Å². The molecular formula is C24H27N5O4. The van der Waals surface area contributed by atoms with Crippen LogP contribution in [0.5, 0.6) is 0 Å². The minimum Gasteiger partial charge on any atom is -0.465 e. The highest BCUT2D eigenvalue weighted by Crippen LogP contribution is 2.26. The zero-order valence-corrected chi connectivity index (χ0v) is 18.8. The number of benzene rings is 1. The molecule has 0 saturated heterocycles. The molecule has 1 saturated carbocycles. The van der Waals surface area contributed by atoms with E-state index in [9.17, 15) is 9.59 Å². The van der Waals surface area contributed by atoms with Crippen LogP contribution in [0.25, 0.3) is 23.2 Å². The summed E-state index contributed by atoms with van der Waals surface area (Å²) in [7, 11) is 1.77. The van der Waals surface area contributed by atoms with Crippen LogP contribution in [0.2, 0.25) is 0 Å². The summed E-state index contributed by atoms with van der Waals surface area (Å²) in [6.45, 7) is 1.87. The summed E-state index contributed by atoms with van der Waals surface area (Å²) in [6.07, 6.45) is 7.11. The minimum absolute atomic E-state index is 0.0377. The minimum atomic E-state index is -0.727. The van der Waals surface area contributed by atoms with E-state index in [1.807, 2.05) is 30.3 Å². The lowest BCUT2D eigenvalue weighted by Gasteiger charge is -2.33. The number of likely N-dealkylation sites (N-methyl/N-ethyl adjacent to an activating group) is 1. The molecule has 1 fully saturated rings. The molecule has 0 unspecified atom stereocenters. The van der Waals surface area contributed by atoms with Gasteiger partial charge in [0, 0.05) is 24.7 Å². The van der Waals surface area contributed by atoms with E-state index in [1.165, 1.54) is 17.0 Å².